The normalized spacial score (nSPS) is 22.0. The number of nitrogens with one attached hydrogen (secondary N) is 2. The van der Waals surface area contributed by atoms with Crippen molar-refractivity contribution < 1.29 is 19.1 Å². The zero-order valence-electron chi connectivity index (χ0n) is 15.5. The maximum absolute atomic E-state index is 12.5. The fourth-order valence-corrected chi connectivity index (χ4v) is 3.58. The highest BCUT2D eigenvalue weighted by Gasteiger charge is 2.32. The van der Waals surface area contributed by atoms with Crippen LogP contribution in [0.3, 0.4) is 0 Å². The zero-order chi connectivity index (χ0) is 18.5. The molecule has 0 unspecified atom stereocenters. The van der Waals surface area contributed by atoms with Crippen LogP contribution in [0.4, 0.5) is 9.59 Å². The van der Waals surface area contributed by atoms with Crippen LogP contribution in [-0.4, -0.2) is 72.7 Å². The van der Waals surface area contributed by atoms with Gasteiger partial charge in [-0.2, -0.15) is 0 Å². The van der Waals surface area contributed by atoms with Crippen LogP contribution >= 0.6 is 0 Å². The van der Waals surface area contributed by atoms with Crippen molar-refractivity contribution in [2.24, 2.45) is 5.92 Å². The Balaban J connectivity index is 1.35. The third-order valence-corrected chi connectivity index (χ3v) is 5.43. The van der Waals surface area contributed by atoms with Crippen molar-refractivity contribution in [2.45, 2.75) is 57.5 Å². The first-order chi connectivity index (χ1) is 12.6. The van der Waals surface area contributed by atoms with Crippen LogP contribution in [0.15, 0.2) is 0 Å². The van der Waals surface area contributed by atoms with Crippen molar-refractivity contribution in [3.05, 3.63) is 0 Å². The van der Waals surface area contributed by atoms with E-state index in [4.69, 9.17) is 4.74 Å². The lowest BCUT2D eigenvalue weighted by Crippen LogP contribution is -2.50. The Morgan fingerprint density at radius 2 is 1.42 bits per heavy atom. The first-order valence-corrected chi connectivity index (χ1v) is 9.84. The van der Waals surface area contributed by atoms with Gasteiger partial charge in [-0.05, 0) is 45.4 Å². The van der Waals surface area contributed by atoms with Gasteiger partial charge in [0.2, 0.25) is 5.91 Å². The standard InChI is InChI=1S/C18H30N4O4/c1-2-26-18(25)22-11-7-15(8-12-22)19-16(23)13-5-9-21(10-6-13)17(24)20-14-3-4-14/h13-15H,2-12H2,1H3,(H,19,23)(H,20,24). The third-order valence-electron chi connectivity index (χ3n) is 5.43. The average Bonchev–Trinajstić information content (AvgIpc) is 3.46. The molecule has 2 N–H and O–H groups in total. The highest BCUT2D eigenvalue weighted by Crippen LogP contribution is 2.22. The molecule has 2 aliphatic heterocycles. The summed E-state index contributed by atoms with van der Waals surface area (Å²) in [6.45, 7) is 4.68. The van der Waals surface area contributed by atoms with Gasteiger partial charge >= 0.3 is 12.1 Å². The van der Waals surface area contributed by atoms with E-state index in [1.807, 2.05) is 4.90 Å². The van der Waals surface area contributed by atoms with Crippen LogP contribution in [0.5, 0.6) is 0 Å². The maximum atomic E-state index is 12.5. The number of rotatable bonds is 4. The summed E-state index contributed by atoms with van der Waals surface area (Å²) in [7, 11) is 0. The molecule has 1 saturated carbocycles. The lowest BCUT2D eigenvalue weighted by molar-refractivity contribution is -0.127. The van der Waals surface area contributed by atoms with Gasteiger partial charge in [0.05, 0.1) is 6.61 Å². The Labute approximate surface area is 154 Å². The SMILES string of the molecule is CCOC(=O)N1CCC(NC(=O)C2CCN(C(=O)NC3CC3)CC2)CC1. The number of carbonyl (C=O) groups excluding carboxylic acids is 3. The average molecular weight is 366 g/mol. The minimum Gasteiger partial charge on any atom is -0.450 e. The van der Waals surface area contributed by atoms with Crippen LogP contribution in [-0.2, 0) is 9.53 Å². The minimum atomic E-state index is -0.269. The Morgan fingerprint density at radius 3 is 2.00 bits per heavy atom. The second-order valence-corrected chi connectivity index (χ2v) is 7.45. The van der Waals surface area contributed by atoms with Crippen molar-refractivity contribution >= 4 is 18.0 Å². The van der Waals surface area contributed by atoms with E-state index in [0.717, 1.165) is 25.7 Å². The molecule has 0 spiro atoms. The molecule has 4 amide bonds. The van der Waals surface area contributed by atoms with E-state index in [9.17, 15) is 14.4 Å². The van der Waals surface area contributed by atoms with E-state index in [1.165, 1.54) is 0 Å². The van der Waals surface area contributed by atoms with Crippen LogP contribution in [0, 0.1) is 5.92 Å². The Hall–Kier alpha value is -1.99. The summed E-state index contributed by atoms with van der Waals surface area (Å²) >= 11 is 0. The van der Waals surface area contributed by atoms with Gasteiger partial charge in [-0.1, -0.05) is 0 Å². The van der Waals surface area contributed by atoms with E-state index >= 15 is 0 Å². The van der Waals surface area contributed by atoms with Crippen molar-refractivity contribution in [1.29, 1.82) is 0 Å². The summed E-state index contributed by atoms with van der Waals surface area (Å²) in [5.74, 6) is 0.0601. The number of amides is 4. The van der Waals surface area contributed by atoms with Gasteiger partial charge in [0.15, 0.2) is 0 Å². The number of hydrogen-bond donors (Lipinski definition) is 2. The van der Waals surface area contributed by atoms with Crippen LogP contribution in [0.25, 0.3) is 0 Å². The lowest BCUT2D eigenvalue weighted by Gasteiger charge is -2.34. The maximum Gasteiger partial charge on any atom is 0.409 e. The fourth-order valence-electron chi connectivity index (χ4n) is 3.58. The molecule has 0 atom stereocenters. The van der Waals surface area contributed by atoms with Crippen LogP contribution in [0.2, 0.25) is 0 Å². The Morgan fingerprint density at radius 1 is 0.846 bits per heavy atom. The van der Waals surface area contributed by atoms with Crippen molar-refractivity contribution in [3.8, 4) is 0 Å². The molecule has 2 heterocycles. The Kier molecular flexibility index (Phi) is 6.21. The smallest absolute Gasteiger partial charge is 0.409 e. The molecule has 146 valence electrons. The first-order valence-electron chi connectivity index (χ1n) is 9.84. The predicted octanol–water partition coefficient (Wildman–Crippen LogP) is 1.31. The number of piperidine rings is 2. The van der Waals surface area contributed by atoms with Gasteiger partial charge in [-0.15, -0.1) is 0 Å². The van der Waals surface area contributed by atoms with Crippen molar-refractivity contribution in [3.63, 3.8) is 0 Å². The van der Waals surface area contributed by atoms with Gasteiger partial charge in [-0.25, -0.2) is 9.59 Å². The molecule has 8 nitrogen and oxygen atoms in total. The van der Waals surface area contributed by atoms with E-state index in [-0.39, 0.29) is 30.0 Å². The second-order valence-electron chi connectivity index (χ2n) is 7.45. The summed E-state index contributed by atoms with van der Waals surface area (Å²) in [6, 6.07) is 0.492. The topological polar surface area (TPSA) is 91.0 Å². The van der Waals surface area contributed by atoms with Crippen molar-refractivity contribution in [1.82, 2.24) is 20.4 Å². The molecule has 3 aliphatic rings. The number of likely N-dealkylation sites (tertiary alicyclic amines) is 2. The first kappa shape index (κ1) is 18.8. The molecule has 8 heteroatoms. The molecular weight excluding hydrogens is 336 g/mol. The highest BCUT2D eigenvalue weighted by molar-refractivity contribution is 5.80. The molecule has 0 aromatic carbocycles. The molecule has 3 fully saturated rings. The summed E-state index contributed by atoms with van der Waals surface area (Å²) in [4.78, 5) is 39.8. The fraction of sp³-hybridized carbons (Fsp3) is 0.833. The molecular formula is C18H30N4O4. The molecule has 0 aromatic rings. The van der Waals surface area contributed by atoms with Gasteiger partial charge < -0.3 is 25.2 Å². The van der Waals surface area contributed by atoms with Gasteiger partial charge in [0.25, 0.3) is 0 Å². The molecule has 3 rings (SSSR count). The zero-order valence-corrected chi connectivity index (χ0v) is 15.5. The predicted molar refractivity (Wildman–Crippen MR) is 95.6 cm³/mol. The summed E-state index contributed by atoms with van der Waals surface area (Å²) < 4.78 is 5.01. The van der Waals surface area contributed by atoms with Gasteiger partial charge in [0.1, 0.15) is 0 Å². The van der Waals surface area contributed by atoms with Crippen LogP contribution < -0.4 is 10.6 Å². The number of ether oxygens (including phenoxy) is 1. The summed E-state index contributed by atoms with van der Waals surface area (Å²) in [6.07, 6.45) is 4.84. The van der Waals surface area contributed by atoms with Crippen molar-refractivity contribution in [2.75, 3.05) is 32.8 Å². The molecule has 0 radical (unpaired) electrons. The van der Waals surface area contributed by atoms with E-state index in [2.05, 4.69) is 10.6 Å². The second kappa shape index (κ2) is 8.60. The summed E-state index contributed by atoms with van der Waals surface area (Å²) in [5.41, 5.74) is 0. The molecule has 2 saturated heterocycles. The third kappa shape index (κ3) is 5.02. The number of hydrogen-bond acceptors (Lipinski definition) is 4. The molecule has 26 heavy (non-hydrogen) atoms. The van der Waals surface area contributed by atoms with Crippen LogP contribution in [0.1, 0.15) is 45.4 Å². The Bertz CT molecular complexity index is 521. The largest absolute Gasteiger partial charge is 0.450 e. The quantitative estimate of drug-likeness (QED) is 0.785. The summed E-state index contributed by atoms with van der Waals surface area (Å²) in [5, 5.41) is 6.13. The number of urea groups is 1. The number of nitrogens with zero attached hydrogens (tertiary/aromatic N) is 2. The van der Waals surface area contributed by atoms with E-state index in [0.29, 0.717) is 51.7 Å². The molecule has 0 aromatic heterocycles. The highest BCUT2D eigenvalue weighted by atomic mass is 16.6. The molecule has 0 bridgehead atoms. The van der Waals surface area contributed by atoms with Gasteiger partial charge in [-0.3, -0.25) is 4.79 Å². The van der Waals surface area contributed by atoms with Gasteiger partial charge in [0, 0.05) is 44.2 Å². The van der Waals surface area contributed by atoms with E-state index < -0.39 is 0 Å². The van der Waals surface area contributed by atoms with E-state index in [1.54, 1.807) is 11.8 Å². The monoisotopic (exact) mass is 366 g/mol. The minimum absolute atomic E-state index is 0.0118. The molecule has 1 aliphatic carbocycles. The number of carbonyl (C=O) groups is 3. The lowest BCUT2D eigenvalue weighted by atomic mass is 9.95.